The predicted octanol–water partition coefficient (Wildman–Crippen LogP) is 3.66. The molecule has 5 heteroatoms. The van der Waals surface area contributed by atoms with Gasteiger partial charge in [0, 0.05) is 0 Å². The smallest absolute Gasteiger partial charge is 0.400 e. The second kappa shape index (κ2) is 5.77. The predicted molar refractivity (Wildman–Crippen MR) is 87.3 cm³/mol. The van der Waals surface area contributed by atoms with Crippen molar-refractivity contribution in [2.24, 2.45) is 0 Å². The third-order valence-corrected chi connectivity index (χ3v) is 4.82. The molecule has 0 aromatic heterocycles. The van der Waals surface area contributed by atoms with Crippen LogP contribution >= 0.6 is 11.6 Å². The van der Waals surface area contributed by atoms with Gasteiger partial charge < -0.3 is 14.4 Å². The van der Waals surface area contributed by atoms with Crippen molar-refractivity contribution in [2.45, 2.75) is 45.8 Å². The number of benzene rings is 1. The van der Waals surface area contributed by atoms with Crippen molar-refractivity contribution in [2.75, 3.05) is 6.61 Å². The lowest BCUT2D eigenvalue weighted by Gasteiger charge is -2.32. The van der Waals surface area contributed by atoms with Gasteiger partial charge in [0.25, 0.3) is 0 Å². The Hall–Kier alpha value is -0.805. The number of aliphatic hydroxyl groups excluding tert-OH is 1. The number of hydrogen-bond acceptors (Lipinski definition) is 3. The van der Waals surface area contributed by atoms with Crippen LogP contribution in [0.15, 0.2) is 23.7 Å². The van der Waals surface area contributed by atoms with Crippen LogP contribution in [0.3, 0.4) is 0 Å². The number of rotatable bonds is 3. The van der Waals surface area contributed by atoms with Crippen LogP contribution in [0.5, 0.6) is 0 Å². The van der Waals surface area contributed by atoms with E-state index in [0.29, 0.717) is 10.5 Å². The fourth-order valence-corrected chi connectivity index (χ4v) is 2.34. The van der Waals surface area contributed by atoms with Gasteiger partial charge in [-0.25, -0.2) is 0 Å². The average Bonchev–Trinajstić information content (AvgIpc) is 2.60. The normalized spacial score (nSPS) is 20.9. The maximum Gasteiger partial charge on any atom is 0.492 e. The molecule has 1 saturated heterocycles. The fourth-order valence-electron chi connectivity index (χ4n) is 2.16. The third kappa shape index (κ3) is 3.19. The number of hydrogen-bond donors (Lipinski definition) is 1. The lowest BCUT2D eigenvalue weighted by molar-refractivity contribution is 0.00578. The molecule has 1 aromatic carbocycles. The lowest BCUT2D eigenvalue weighted by atomic mass is 9.77. The molecule has 1 fully saturated rings. The van der Waals surface area contributed by atoms with Crippen LogP contribution in [0.25, 0.3) is 6.08 Å². The average molecular weight is 309 g/mol. The second-order valence-electron chi connectivity index (χ2n) is 6.44. The maximum absolute atomic E-state index is 9.68. The molecular weight excluding hydrogens is 286 g/mol. The number of aryl methyl sites for hydroxylation is 1. The SMILES string of the molecule is Cc1cccc(C=C(CO)B2OC(C)(C)C(C)(C)O2)c1Cl. The first-order valence-electron chi connectivity index (χ1n) is 7.10. The Labute approximate surface area is 132 Å². The Bertz CT molecular complexity index is 551. The molecule has 1 aliphatic heterocycles. The van der Waals surface area contributed by atoms with Crippen molar-refractivity contribution in [3.05, 3.63) is 39.8 Å². The molecule has 0 atom stereocenters. The van der Waals surface area contributed by atoms with Gasteiger partial charge >= 0.3 is 7.12 Å². The number of aliphatic hydroxyl groups is 1. The van der Waals surface area contributed by atoms with Gasteiger partial charge in [-0.2, -0.15) is 0 Å². The topological polar surface area (TPSA) is 38.7 Å². The summed E-state index contributed by atoms with van der Waals surface area (Å²) in [6.07, 6.45) is 1.84. The zero-order valence-corrected chi connectivity index (χ0v) is 14.0. The zero-order valence-electron chi connectivity index (χ0n) is 13.2. The standard InChI is InChI=1S/C16H22BClO3/c1-11-7-6-8-12(14(11)18)9-13(10-19)17-20-15(2,3)16(4,5)21-17/h6-9,19H,10H2,1-5H3. The Morgan fingerprint density at radius 2 is 1.81 bits per heavy atom. The zero-order chi connectivity index (χ0) is 15.8. The monoisotopic (exact) mass is 308 g/mol. The molecule has 0 aliphatic carbocycles. The molecular formula is C16H22BClO3. The summed E-state index contributed by atoms with van der Waals surface area (Å²) in [5, 5.41) is 10.4. The van der Waals surface area contributed by atoms with E-state index in [0.717, 1.165) is 11.1 Å². The summed E-state index contributed by atoms with van der Waals surface area (Å²) in [5.74, 6) is 0. The molecule has 0 saturated carbocycles. The summed E-state index contributed by atoms with van der Waals surface area (Å²) in [7, 11) is -0.559. The van der Waals surface area contributed by atoms with Crippen LogP contribution in [-0.2, 0) is 9.31 Å². The molecule has 1 N–H and O–H groups in total. The largest absolute Gasteiger partial charge is 0.492 e. The van der Waals surface area contributed by atoms with Crippen LogP contribution in [0.2, 0.25) is 5.02 Å². The van der Waals surface area contributed by atoms with Crippen molar-refractivity contribution >= 4 is 24.8 Å². The van der Waals surface area contributed by atoms with Crippen molar-refractivity contribution in [3.8, 4) is 0 Å². The van der Waals surface area contributed by atoms with E-state index in [9.17, 15) is 5.11 Å². The van der Waals surface area contributed by atoms with Gasteiger partial charge in [-0.1, -0.05) is 35.9 Å². The summed E-state index contributed by atoms with van der Waals surface area (Å²) in [5.41, 5.74) is 1.66. The summed E-state index contributed by atoms with van der Waals surface area (Å²) < 4.78 is 11.9. The van der Waals surface area contributed by atoms with Gasteiger partial charge in [-0.05, 0) is 51.2 Å². The van der Waals surface area contributed by atoms with E-state index in [-0.39, 0.29) is 6.61 Å². The first-order chi connectivity index (χ1) is 9.68. The van der Waals surface area contributed by atoms with Crippen LogP contribution in [0.4, 0.5) is 0 Å². The van der Waals surface area contributed by atoms with Crippen LogP contribution < -0.4 is 0 Å². The molecule has 0 radical (unpaired) electrons. The second-order valence-corrected chi connectivity index (χ2v) is 6.82. The Morgan fingerprint density at radius 1 is 1.24 bits per heavy atom. The molecule has 3 nitrogen and oxygen atoms in total. The molecule has 1 aromatic rings. The number of halogens is 1. The molecule has 0 amide bonds. The van der Waals surface area contributed by atoms with E-state index in [2.05, 4.69) is 0 Å². The Balaban J connectivity index is 2.33. The summed E-state index contributed by atoms with van der Waals surface area (Å²) in [6, 6.07) is 5.80. The quantitative estimate of drug-likeness (QED) is 0.866. The first kappa shape index (κ1) is 16.6. The molecule has 1 aliphatic rings. The van der Waals surface area contributed by atoms with Crippen molar-refractivity contribution in [3.63, 3.8) is 0 Å². The highest BCUT2D eigenvalue weighted by Crippen LogP contribution is 2.39. The van der Waals surface area contributed by atoms with E-state index in [1.54, 1.807) is 0 Å². The van der Waals surface area contributed by atoms with Gasteiger partial charge in [0.1, 0.15) is 0 Å². The van der Waals surface area contributed by atoms with E-state index in [1.165, 1.54) is 0 Å². The van der Waals surface area contributed by atoms with Crippen molar-refractivity contribution < 1.29 is 14.4 Å². The molecule has 21 heavy (non-hydrogen) atoms. The van der Waals surface area contributed by atoms with E-state index in [4.69, 9.17) is 20.9 Å². The Morgan fingerprint density at radius 3 is 2.33 bits per heavy atom. The molecule has 2 rings (SSSR count). The van der Waals surface area contributed by atoms with Crippen LogP contribution in [0.1, 0.15) is 38.8 Å². The molecule has 114 valence electrons. The summed E-state index contributed by atoms with van der Waals surface area (Å²) in [4.78, 5) is 0. The molecule has 1 heterocycles. The lowest BCUT2D eigenvalue weighted by Crippen LogP contribution is -2.41. The minimum atomic E-state index is -0.559. The third-order valence-electron chi connectivity index (χ3n) is 4.30. The van der Waals surface area contributed by atoms with Gasteiger partial charge in [0.05, 0.1) is 22.8 Å². The summed E-state index contributed by atoms with van der Waals surface area (Å²) >= 11 is 6.31. The highest BCUT2D eigenvalue weighted by atomic mass is 35.5. The van der Waals surface area contributed by atoms with E-state index >= 15 is 0 Å². The van der Waals surface area contributed by atoms with Gasteiger partial charge in [0.15, 0.2) is 0 Å². The highest BCUT2D eigenvalue weighted by molar-refractivity contribution is 6.56. The van der Waals surface area contributed by atoms with E-state index < -0.39 is 18.3 Å². The van der Waals surface area contributed by atoms with Crippen LogP contribution in [-0.4, -0.2) is 30.0 Å². The van der Waals surface area contributed by atoms with E-state index in [1.807, 2.05) is 58.9 Å². The maximum atomic E-state index is 9.68. The Kier molecular flexibility index (Phi) is 4.55. The van der Waals surface area contributed by atoms with Crippen molar-refractivity contribution in [1.29, 1.82) is 0 Å². The minimum Gasteiger partial charge on any atom is -0.400 e. The summed E-state index contributed by atoms with van der Waals surface area (Å²) in [6.45, 7) is 9.76. The molecule has 0 bridgehead atoms. The van der Waals surface area contributed by atoms with Gasteiger partial charge in [0.2, 0.25) is 0 Å². The highest BCUT2D eigenvalue weighted by Gasteiger charge is 2.52. The van der Waals surface area contributed by atoms with Crippen molar-refractivity contribution in [1.82, 2.24) is 0 Å². The van der Waals surface area contributed by atoms with Gasteiger partial charge in [-0.3, -0.25) is 0 Å². The minimum absolute atomic E-state index is 0.138. The molecule has 0 spiro atoms. The molecule has 0 unspecified atom stereocenters. The van der Waals surface area contributed by atoms with Gasteiger partial charge in [-0.15, -0.1) is 0 Å². The fraction of sp³-hybridized carbons (Fsp3) is 0.500. The first-order valence-corrected chi connectivity index (χ1v) is 7.48. The van der Waals surface area contributed by atoms with Crippen LogP contribution in [0, 0.1) is 6.92 Å².